The molecule has 2 aliphatic carbocycles. The van der Waals surface area contributed by atoms with Crippen LogP contribution in [-0.4, -0.2) is 59.8 Å². The van der Waals surface area contributed by atoms with Gasteiger partial charge in [-0.2, -0.15) is 0 Å². The molecule has 3 aliphatic rings. The average Bonchev–Trinajstić information content (AvgIpc) is 3.13. The largest absolute Gasteiger partial charge is 0.388 e. The third-order valence-corrected chi connectivity index (χ3v) is 5.56. The maximum absolute atomic E-state index is 10.2. The highest BCUT2D eigenvalue weighted by Crippen LogP contribution is 2.31. The van der Waals surface area contributed by atoms with Crippen LogP contribution < -0.4 is 10.6 Å². The van der Waals surface area contributed by atoms with Crippen molar-refractivity contribution >= 4 is 5.96 Å². The zero-order valence-corrected chi connectivity index (χ0v) is 14.0. The van der Waals surface area contributed by atoms with Crippen LogP contribution in [0.5, 0.6) is 0 Å². The molecule has 0 bridgehead atoms. The molecule has 1 aliphatic heterocycles. The van der Waals surface area contributed by atoms with Crippen molar-refractivity contribution in [3.63, 3.8) is 0 Å². The first-order chi connectivity index (χ1) is 10.7. The molecule has 5 nitrogen and oxygen atoms in total. The molecular formula is C17H32N4O. The van der Waals surface area contributed by atoms with E-state index in [-0.39, 0.29) is 0 Å². The third kappa shape index (κ3) is 3.93. The molecule has 3 rings (SSSR count). The minimum atomic E-state index is -0.534. The van der Waals surface area contributed by atoms with Crippen LogP contribution in [-0.2, 0) is 0 Å². The summed E-state index contributed by atoms with van der Waals surface area (Å²) in [5, 5.41) is 17.1. The van der Waals surface area contributed by atoms with Gasteiger partial charge in [0, 0.05) is 31.7 Å². The van der Waals surface area contributed by atoms with Crippen LogP contribution in [0.1, 0.15) is 58.3 Å². The van der Waals surface area contributed by atoms with Crippen molar-refractivity contribution in [2.24, 2.45) is 4.99 Å². The predicted molar refractivity (Wildman–Crippen MR) is 90.1 cm³/mol. The number of likely N-dealkylation sites (tertiary alicyclic amines) is 1. The van der Waals surface area contributed by atoms with Crippen LogP contribution in [0.4, 0.5) is 0 Å². The summed E-state index contributed by atoms with van der Waals surface area (Å²) in [6, 6.07) is 1.32. The third-order valence-electron chi connectivity index (χ3n) is 5.56. The lowest BCUT2D eigenvalue weighted by molar-refractivity contribution is -0.0236. The highest BCUT2D eigenvalue weighted by Gasteiger charge is 2.34. The fourth-order valence-corrected chi connectivity index (χ4v) is 3.99. The van der Waals surface area contributed by atoms with E-state index in [0.717, 1.165) is 44.4 Å². The summed E-state index contributed by atoms with van der Waals surface area (Å²) in [7, 11) is 0. The van der Waals surface area contributed by atoms with E-state index in [1.807, 2.05) is 0 Å². The van der Waals surface area contributed by atoms with Gasteiger partial charge in [-0.05, 0) is 45.4 Å². The molecule has 3 N–H and O–H groups in total. The number of hydrogen-bond donors (Lipinski definition) is 3. The molecule has 0 radical (unpaired) electrons. The van der Waals surface area contributed by atoms with Gasteiger partial charge in [0.15, 0.2) is 5.96 Å². The van der Waals surface area contributed by atoms with Gasteiger partial charge in [0.2, 0.25) is 0 Å². The van der Waals surface area contributed by atoms with E-state index < -0.39 is 5.60 Å². The van der Waals surface area contributed by atoms with Crippen LogP contribution in [0.2, 0.25) is 0 Å². The quantitative estimate of drug-likeness (QED) is 0.532. The van der Waals surface area contributed by atoms with E-state index in [1.54, 1.807) is 0 Å². The Kier molecular flexibility index (Phi) is 5.24. The molecule has 1 atom stereocenters. The van der Waals surface area contributed by atoms with Crippen LogP contribution in [0.3, 0.4) is 0 Å². The van der Waals surface area contributed by atoms with Gasteiger partial charge in [0.1, 0.15) is 0 Å². The first-order valence-electron chi connectivity index (χ1n) is 9.20. The van der Waals surface area contributed by atoms with E-state index in [0.29, 0.717) is 12.6 Å². The van der Waals surface area contributed by atoms with Crippen LogP contribution in [0.15, 0.2) is 4.99 Å². The predicted octanol–water partition coefficient (Wildman–Crippen LogP) is 1.47. The van der Waals surface area contributed by atoms with Gasteiger partial charge < -0.3 is 15.7 Å². The van der Waals surface area contributed by atoms with E-state index >= 15 is 0 Å². The molecule has 5 heteroatoms. The van der Waals surface area contributed by atoms with Crippen molar-refractivity contribution in [3.8, 4) is 0 Å². The van der Waals surface area contributed by atoms with E-state index in [1.165, 1.54) is 38.6 Å². The molecule has 0 aromatic rings. The number of rotatable bonds is 5. The number of aliphatic imine (C=N–C) groups is 1. The van der Waals surface area contributed by atoms with E-state index in [9.17, 15) is 5.11 Å². The molecule has 0 aromatic carbocycles. The Morgan fingerprint density at radius 3 is 2.64 bits per heavy atom. The summed E-state index contributed by atoms with van der Waals surface area (Å²) in [5.74, 6) is 0.876. The van der Waals surface area contributed by atoms with Crippen LogP contribution >= 0.6 is 0 Å². The van der Waals surface area contributed by atoms with Gasteiger partial charge in [-0.25, -0.2) is 0 Å². The highest BCUT2D eigenvalue weighted by molar-refractivity contribution is 5.80. The Morgan fingerprint density at radius 2 is 2.00 bits per heavy atom. The van der Waals surface area contributed by atoms with E-state index in [4.69, 9.17) is 0 Å². The molecule has 126 valence electrons. The molecular weight excluding hydrogens is 276 g/mol. The summed E-state index contributed by atoms with van der Waals surface area (Å²) < 4.78 is 0. The summed E-state index contributed by atoms with van der Waals surface area (Å²) in [5.41, 5.74) is -0.534. The number of nitrogens with zero attached hydrogens (tertiary/aromatic N) is 2. The second kappa shape index (κ2) is 7.18. The lowest BCUT2D eigenvalue weighted by Gasteiger charge is -2.35. The van der Waals surface area contributed by atoms with E-state index in [2.05, 4.69) is 27.4 Å². The lowest BCUT2D eigenvalue weighted by Crippen LogP contribution is -2.47. The fraction of sp³-hybridized carbons (Fsp3) is 0.941. The normalized spacial score (nSPS) is 29.5. The zero-order chi connectivity index (χ0) is 15.4. The van der Waals surface area contributed by atoms with Gasteiger partial charge in [0.25, 0.3) is 0 Å². The van der Waals surface area contributed by atoms with Crippen molar-refractivity contribution in [2.75, 3.05) is 26.2 Å². The molecule has 0 aromatic heterocycles. The summed E-state index contributed by atoms with van der Waals surface area (Å²) in [6.45, 7) is 5.84. The van der Waals surface area contributed by atoms with Crippen LogP contribution in [0, 0.1) is 0 Å². The van der Waals surface area contributed by atoms with Gasteiger partial charge in [-0.1, -0.05) is 12.8 Å². The van der Waals surface area contributed by atoms with Crippen molar-refractivity contribution < 1.29 is 5.11 Å². The average molecular weight is 308 g/mol. The topological polar surface area (TPSA) is 59.9 Å². The molecule has 1 heterocycles. The Bertz CT molecular complexity index is 388. The van der Waals surface area contributed by atoms with Crippen LogP contribution in [0.25, 0.3) is 0 Å². The Hall–Kier alpha value is -0.810. The Morgan fingerprint density at radius 1 is 1.23 bits per heavy atom. The first-order valence-corrected chi connectivity index (χ1v) is 9.20. The second-order valence-electron chi connectivity index (χ2n) is 7.34. The second-order valence-corrected chi connectivity index (χ2v) is 7.34. The Balaban J connectivity index is 1.49. The molecule has 22 heavy (non-hydrogen) atoms. The molecule has 0 spiro atoms. The Labute approximate surface area is 134 Å². The number of guanidine groups is 1. The minimum Gasteiger partial charge on any atom is -0.388 e. The lowest BCUT2D eigenvalue weighted by atomic mass is 9.80. The molecule has 2 saturated carbocycles. The van der Waals surface area contributed by atoms with Gasteiger partial charge in [0.05, 0.1) is 12.1 Å². The molecule has 3 fully saturated rings. The maximum atomic E-state index is 10.2. The highest BCUT2D eigenvalue weighted by atomic mass is 16.3. The zero-order valence-electron chi connectivity index (χ0n) is 14.0. The van der Waals surface area contributed by atoms with Crippen molar-refractivity contribution in [1.29, 1.82) is 0 Å². The summed E-state index contributed by atoms with van der Waals surface area (Å²) >= 11 is 0. The standard InChI is InChI=1S/C17H32N4O/c1-2-18-16(19-13-17(22)9-5-10-17)20-14-8-11-21(12-14)15-6-3-4-7-15/h14-15,22H,2-13H2,1H3,(H2,18,19,20). The fourth-order valence-electron chi connectivity index (χ4n) is 3.99. The SMILES string of the molecule is CCNC(=NCC1(O)CCC1)NC1CCN(C2CCCC2)C1. The monoisotopic (exact) mass is 308 g/mol. The smallest absolute Gasteiger partial charge is 0.191 e. The van der Waals surface area contributed by atoms with Gasteiger partial charge in [-0.15, -0.1) is 0 Å². The molecule has 0 amide bonds. The van der Waals surface area contributed by atoms with Crippen molar-refractivity contribution in [2.45, 2.75) is 76.0 Å². The summed E-state index contributed by atoms with van der Waals surface area (Å²) in [6.07, 6.45) is 9.70. The number of hydrogen-bond acceptors (Lipinski definition) is 3. The van der Waals surface area contributed by atoms with Gasteiger partial charge in [-0.3, -0.25) is 9.89 Å². The molecule has 1 unspecified atom stereocenters. The minimum absolute atomic E-state index is 0.495. The van der Waals surface area contributed by atoms with Crippen molar-refractivity contribution in [3.05, 3.63) is 0 Å². The number of aliphatic hydroxyl groups is 1. The first kappa shape index (κ1) is 16.1. The molecule has 1 saturated heterocycles. The van der Waals surface area contributed by atoms with Gasteiger partial charge >= 0.3 is 0 Å². The summed E-state index contributed by atoms with van der Waals surface area (Å²) in [4.78, 5) is 7.28. The number of nitrogens with one attached hydrogen (secondary N) is 2. The van der Waals surface area contributed by atoms with Crippen molar-refractivity contribution in [1.82, 2.24) is 15.5 Å². The maximum Gasteiger partial charge on any atom is 0.191 e.